The van der Waals surface area contributed by atoms with Gasteiger partial charge in [0, 0.05) is 41.3 Å². The molecular weight excluding hydrogens is 683 g/mol. The number of pyridine rings is 1. The van der Waals surface area contributed by atoms with Crippen molar-refractivity contribution >= 4 is 42.5 Å². The van der Waals surface area contributed by atoms with E-state index >= 15 is 0 Å². The second kappa shape index (κ2) is 13.9. The molecule has 1 heterocycles. The summed E-state index contributed by atoms with van der Waals surface area (Å²) in [6.07, 6.45) is 0. The summed E-state index contributed by atoms with van der Waals surface area (Å²) < 4.78 is 0. The third-order valence-electron chi connectivity index (χ3n) is 10.8. The summed E-state index contributed by atoms with van der Waals surface area (Å²) in [4.78, 5) is 10.5. The van der Waals surface area contributed by atoms with Crippen molar-refractivity contribution in [2.75, 3.05) is 0 Å². The van der Waals surface area contributed by atoms with E-state index in [0.29, 0.717) is 0 Å². The Balaban J connectivity index is 1.02. The van der Waals surface area contributed by atoms with Gasteiger partial charge >= 0.3 is 0 Å². The molecule has 1 aromatic heterocycles. The van der Waals surface area contributed by atoms with Crippen LogP contribution < -0.4 is 0 Å². The zero-order valence-electron chi connectivity index (χ0n) is 30.2. The highest BCUT2D eigenvalue weighted by Gasteiger charge is 2.33. The van der Waals surface area contributed by atoms with Crippen molar-refractivity contribution in [3.8, 4) is 33.5 Å². The second-order valence-corrected chi connectivity index (χ2v) is 17.0. The molecule has 0 saturated heterocycles. The Bertz CT molecular complexity index is 2830. The summed E-state index contributed by atoms with van der Waals surface area (Å²) in [7, 11) is -1.73. The van der Waals surface area contributed by atoms with Gasteiger partial charge in [0.25, 0.3) is 0 Å². The molecule has 0 aliphatic carbocycles. The molecule has 2 heteroatoms. The van der Waals surface area contributed by atoms with Gasteiger partial charge in [-0.1, -0.05) is 164 Å². The van der Waals surface area contributed by atoms with Crippen molar-refractivity contribution in [2.45, 2.75) is 19.6 Å². The highest BCUT2D eigenvalue weighted by Crippen LogP contribution is 2.73. The van der Waals surface area contributed by atoms with Gasteiger partial charge in [0.2, 0.25) is 0 Å². The average Bonchev–Trinajstić information content (AvgIpc) is 3.28. The normalized spacial score (nSPS) is 11.9. The number of fused-ring (bicyclic) bond motifs is 5. The van der Waals surface area contributed by atoms with Crippen LogP contribution in [-0.4, -0.2) is 4.98 Å². The Morgan fingerprint density at radius 1 is 0.291 bits per heavy atom. The maximum atomic E-state index is 5.22. The van der Waals surface area contributed by atoms with Crippen LogP contribution in [0.3, 0.4) is 0 Å². The summed E-state index contributed by atoms with van der Waals surface area (Å²) in [5.41, 5.74) is 7.90. The standard InChI is InChI=1S/C53H37NS/c1-4-18-44(19-5-1)55(45-20-6-2-7-21-45,46-22-8-3-9-23-46)47-34-31-39(32-35-47)43-17-14-16-42(37-43)38-27-29-41(30-28-38)53-50-36-33-40-15-10-11-24-48(40)52(50)49-25-12-13-26-51(49)54-53/h1-37H. The SMILES string of the molecule is c1ccc(S(c2ccccc2)(c2ccccc2)c2ccc(-c3cccc(-c4ccc(-c5nc6ccccc6c6c5ccc5ccccc56)cc4)c3)cc2)cc1. The van der Waals surface area contributed by atoms with Gasteiger partial charge < -0.3 is 0 Å². The van der Waals surface area contributed by atoms with E-state index in [1.807, 2.05) is 0 Å². The van der Waals surface area contributed by atoms with Crippen LogP contribution in [0.2, 0.25) is 0 Å². The first-order chi connectivity index (χ1) is 27.3. The van der Waals surface area contributed by atoms with Crippen molar-refractivity contribution in [1.29, 1.82) is 0 Å². The molecule has 0 saturated carbocycles. The highest BCUT2D eigenvalue weighted by molar-refractivity contribution is 8.34. The minimum Gasteiger partial charge on any atom is -0.247 e. The molecule has 0 radical (unpaired) electrons. The predicted octanol–water partition coefficient (Wildman–Crippen LogP) is 14.9. The molecule has 0 spiro atoms. The van der Waals surface area contributed by atoms with Crippen LogP contribution in [0.15, 0.2) is 244 Å². The topological polar surface area (TPSA) is 12.9 Å². The largest absolute Gasteiger partial charge is 0.247 e. The van der Waals surface area contributed by atoms with Gasteiger partial charge in [-0.25, -0.2) is 4.98 Å². The Hall–Kier alpha value is -6.74. The minimum absolute atomic E-state index is 1.01. The van der Waals surface area contributed by atoms with E-state index in [1.54, 1.807) is 0 Å². The maximum absolute atomic E-state index is 5.22. The van der Waals surface area contributed by atoms with Crippen LogP contribution in [0, 0.1) is 0 Å². The molecule has 55 heavy (non-hydrogen) atoms. The van der Waals surface area contributed by atoms with Crippen LogP contribution in [0.4, 0.5) is 0 Å². The summed E-state index contributed by atoms with van der Waals surface area (Å²) in [5.74, 6) is 0. The number of aromatic nitrogens is 1. The number of benzene rings is 9. The predicted molar refractivity (Wildman–Crippen MR) is 233 cm³/mol. The van der Waals surface area contributed by atoms with Crippen molar-refractivity contribution in [1.82, 2.24) is 4.98 Å². The van der Waals surface area contributed by atoms with Crippen molar-refractivity contribution < 1.29 is 0 Å². The Kier molecular flexibility index (Phi) is 8.32. The lowest BCUT2D eigenvalue weighted by molar-refractivity contribution is 1.24. The lowest BCUT2D eigenvalue weighted by Gasteiger charge is -2.42. The van der Waals surface area contributed by atoms with E-state index in [1.165, 1.54) is 68.8 Å². The molecule has 0 unspecified atom stereocenters. The van der Waals surface area contributed by atoms with E-state index in [2.05, 4.69) is 224 Å². The fourth-order valence-corrected chi connectivity index (χ4v) is 12.1. The lowest BCUT2D eigenvalue weighted by atomic mass is 9.94. The maximum Gasteiger partial charge on any atom is 0.0788 e. The quantitative estimate of drug-likeness (QED) is 0.149. The van der Waals surface area contributed by atoms with Crippen molar-refractivity contribution in [3.63, 3.8) is 0 Å². The summed E-state index contributed by atoms with van der Waals surface area (Å²) in [6, 6.07) is 81.8. The Morgan fingerprint density at radius 2 is 0.764 bits per heavy atom. The van der Waals surface area contributed by atoms with Crippen LogP contribution in [0.1, 0.15) is 0 Å². The molecule has 10 rings (SSSR count). The molecule has 0 amide bonds. The van der Waals surface area contributed by atoms with Gasteiger partial charge in [-0.2, -0.15) is 0 Å². The van der Waals surface area contributed by atoms with Crippen LogP contribution in [-0.2, 0) is 0 Å². The zero-order chi connectivity index (χ0) is 36.6. The fraction of sp³-hybridized carbons (Fsp3) is 0. The monoisotopic (exact) mass is 719 g/mol. The van der Waals surface area contributed by atoms with E-state index in [-0.39, 0.29) is 0 Å². The number of para-hydroxylation sites is 1. The lowest BCUT2D eigenvalue weighted by Crippen LogP contribution is -2.05. The van der Waals surface area contributed by atoms with Gasteiger partial charge in [-0.3, -0.25) is 0 Å². The van der Waals surface area contributed by atoms with E-state index in [4.69, 9.17) is 4.98 Å². The van der Waals surface area contributed by atoms with E-state index in [0.717, 1.165) is 16.8 Å². The number of hydrogen-bond donors (Lipinski definition) is 0. The third kappa shape index (κ3) is 5.71. The molecule has 10 aromatic rings. The first-order valence-corrected chi connectivity index (χ1v) is 20.4. The minimum atomic E-state index is -1.73. The number of rotatable bonds is 7. The smallest absolute Gasteiger partial charge is 0.0788 e. The molecule has 0 N–H and O–H groups in total. The van der Waals surface area contributed by atoms with E-state index in [9.17, 15) is 0 Å². The first-order valence-electron chi connectivity index (χ1n) is 18.8. The average molecular weight is 720 g/mol. The van der Waals surface area contributed by atoms with Crippen molar-refractivity contribution in [2.24, 2.45) is 0 Å². The van der Waals surface area contributed by atoms with E-state index < -0.39 is 10.0 Å². The summed E-state index contributed by atoms with van der Waals surface area (Å²) in [6.45, 7) is 0. The Morgan fingerprint density at radius 3 is 1.36 bits per heavy atom. The summed E-state index contributed by atoms with van der Waals surface area (Å²) in [5, 5.41) is 6.12. The second-order valence-electron chi connectivity index (χ2n) is 13.9. The molecular formula is C53H37NS. The highest BCUT2D eigenvalue weighted by atomic mass is 32.3. The molecule has 1 nitrogen and oxygen atoms in total. The number of hydrogen-bond acceptors (Lipinski definition) is 1. The molecule has 9 aromatic carbocycles. The molecule has 0 aliphatic rings. The van der Waals surface area contributed by atoms with Gasteiger partial charge in [0.1, 0.15) is 0 Å². The summed E-state index contributed by atoms with van der Waals surface area (Å²) >= 11 is 0. The van der Waals surface area contributed by atoms with Gasteiger partial charge in [-0.05, 0) is 93.7 Å². The molecule has 0 fully saturated rings. The van der Waals surface area contributed by atoms with Gasteiger partial charge in [-0.15, -0.1) is 10.0 Å². The molecule has 260 valence electrons. The molecule has 0 aliphatic heterocycles. The van der Waals surface area contributed by atoms with Gasteiger partial charge in [0.05, 0.1) is 11.2 Å². The van der Waals surface area contributed by atoms with Crippen LogP contribution in [0.25, 0.3) is 66.0 Å². The van der Waals surface area contributed by atoms with Crippen molar-refractivity contribution in [3.05, 3.63) is 224 Å². The first kappa shape index (κ1) is 32.9. The molecule has 0 atom stereocenters. The Labute approximate surface area is 323 Å². The molecule has 0 bridgehead atoms. The fourth-order valence-electron chi connectivity index (χ4n) is 8.18. The third-order valence-corrected chi connectivity index (χ3v) is 14.7. The van der Waals surface area contributed by atoms with Crippen LogP contribution >= 0.6 is 10.0 Å². The van der Waals surface area contributed by atoms with Gasteiger partial charge in [0.15, 0.2) is 0 Å². The zero-order valence-corrected chi connectivity index (χ0v) is 31.0. The number of nitrogens with zero attached hydrogens (tertiary/aromatic N) is 1. The van der Waals surface area contributed by atoms with Crippen LogP contribution in [0.5, 0.6) is 0 Å².